The number of hydrogen-bond acceptors (Lipinski definition) is 3. The van der Waals surface area contributed by atoms with Crippen LogP contribution in [-0.2, 0) is 20.7 Å². The first kappa shape index (κ1) is 16.6. The van der Waals surface area contributed by atoms with E-state index in [1.165, 1.54) is 30.2 Å². The molecule has 1 aromatic carbocycles. The Morgan fingerprint density at radius 2 is 2.15 bits per heavy atom. The van der Waals surface area contributed by atoms with Gasteiger partial charge in [0.1, 0.15) is 12.4 Å². The molecule has 0 fully saturated rings. The van der Waals surface area contributed by atoms with E-state index in [1.54, 1.807) is 0 Å². The lowest BCUT2D eigenvalue weighted by atomic mass is 10.1. The lowest BCUT2D eigenvalue weighted by molar-refractivity contribution is -0.144. The summed E-state index contributed by atoms with van der Waals surface area (Å²) in [6.07, 6.45) is -0.0741. The van der Waals surface area contributed by atoms with Crippen LogP contribution >= 0.6 is 15.9 Å². The number of nitrogens with zero attached hydrogens (tertiary/aromatic N) is 1. The number of carboxylic acids is 1. The van der Waals surface area contributed by atoms with Gasteiger partial charge in [-0.15, -0.1) is 0 Å². The summed E-state index contributed by atoms with van der Waals surface area (Å²) in [4.78, 5) is 24.0. The molecule has 0 aliphatic rings. The molecule has 0 spiro atoms. The number of amides is 1. The fourth-order valence-electron chi connectivity index (χ4n) is 1.61. The Balaban J connectivity index is 2.78. The number of carboxylic acid groups (broad SMARTS) is 1. The number of ether oxygens (including phenoxy) is 1. The van der Waals surface area contributed by atoms with Crippen LogP contribution in [0.3, 0.4) is 0 Å². The Hall–Kier alpha value is -1.47. The van der Waals surface area contributed by atoms with Crippen LogP contribution in [0.15, 0.2) is 22.7 Å². The predicted molar refractivity (Wildman–Crippen MR) is 73.9 cm³/mol. The van der Waals surface area contributed by atoms with Crippen molar-refractivity contribution in [2.75, 3.05) is 26.8 Å². The van der Waals surface area contributed by atoms with Crippen molar-refractivity contribution < 1.29 is 23.8 Å². The van der Waals surface area contributed by atoms with Gasteiger partial charge in [-0.1, -0.05) is 15.9 Å². The maximum Gasteiger partial charge on any atom is 0.323 e. The van der Waals surface area contributed by atoms with E-state index in [2.05, 4.69) is 15.9 Å². The summed E-state index contributed by atoms with van der Waals surface area (Å²) in [6, 6.07) is 4.03. The Labute approximate surface area is 124 Å². The molecule has 1 aromatic rings. The molecule has 0 aromatic heterocycles. The highest BCUT2D eigenvalue weighted by atomic mass is 79.9. The maximum absolute atomic E-state index is 13.2. The second-order valence-electron chi connectivity index (χ2n) is 4.11. The molecule has 0 bridgehead atoms. The maximum atomic E-state index is 13.2. The summed E-state index contributed by atoms with van der Waals surface area (Å²) in [5.41, 5.74) is 0.475. The molecule has 0 saturated heterocycles. The van der Waals surface area contributed by atoms with Crippen LogP contribution in [0.25, 0.3) is 0 Å². The molecule has 110 valence electrons. The van der Waals surface area contributed by atoms with Gasteiger partial charge in [-0.05, 0) is 23.8 Å². The molecule has 0 heterocycles. The molecular formula is C13H15BrFNO4. The van der Waals surface area contributed by atoms with Gasteiger partial charge in [0.25, 0.3) is 0 Å². The van der Waals surface area contributed by atoms with Gasteiger partial charge in [0.15, 0.2) is 0 Å². The number of rotatable bonds is 7. The first-order valence-corrected chi connectivity index (χ1v) is 6.65. The van der Waals surface area contributed by atoms with Crippen molar-refractivity contribution in [2.24, 2.45) is 0 Å². The van der Waals surface area contributed by atoms with E-state index in [1.807, 2.05) is 0 Å². The van der Waals surface area contributed by atoms with Gasteiger partial charge in [-0.2, -0.15) is 0 Å². The van der Waals surface area contributed by atoms with E-state index in [9.17, 15) is 14.0 Å². The number of halogens is 2. The summed E-state index contributed by atoms with van der Waals surface area (Å²) < 4.78 is 18.6. The van der Waals surface area contributed by atoms with Gasteiger partial charge in [0.05, 0.1) is 13.0 Å². The average molecular weight is 348 g/mol. The zero-order valence-corrected chi connectivity index (χ0v) is 12.5. The van der Waals surface area contributed by atoms with E-state index in [0.29, 0.717) is 10.0 Å². The lowest BCUT2D eigenvalue weighted by Crippen LogP contribution is -2.38. The van der Waals surface area contributed by atoms with Crippen LogP contribution in [0.1, 0.15) is 5.56 Å². The van der Waals surface area contributed by atoms with Gasteiger partial charge in [-0.3, -0.25) is 9.59 Å². The highest BCUT2D eigenvalue weighted by molar-refractivity contribution is 9.10. The van der Waals surface area contributed by atoms with Crippen LogP contribution in [0.5, 0.6) is 0 Å². The summed E-state index contributed by atoms with van der Waals surface area (Å²) in [5.74, 6) is -1.94. The van der Waals surface area contributed by atoms with E-state index in [4.69, 9.17) is 9.84 Å². The fraction of sp³-hybridized carbons (Fsp3) is 0.385. The molecule has 1 amide bonds. The Morgan fingerprint density at radius 1 is 1.45 bits per heavy atom. The normalized spacial score (nSPS) is 10.3. The molecule has 1 rings (SSSR count). The van der Waals surface area contributed by atoms with E-state index >= 15 is 0 Å². The third-order valence-electron chi connectivity index (χ3n) is 2.59. The number of carbonyl (C=O) groups excluding carboxylic acids is 1. The Morgan fingerprint density at radius 3 is 2.75 bits per heavy atom. The number of methoxy groups -OCH3 is 1. The van der Waals surface area contributed by atoms with Crippen molar-refractivity contribution in [3.8, 4) is 0 Å². The third kappa shape index (κ3) is 5.26. The molecule has 0 unspecified atom stereocenters. The van der Waals surface area contributed by atoms with Crippen molar-refractivity contribution in [1.82, 2.24) is 4.90 Å². The number of hydrogen-bond donors (Lipinski definition) is 1. The predicted octanol–water partition coefficient (Wildman–Crippen LogP) is 1.69. The molecule has 0 saturated carbocycles. The van der Waals surface area contributed by atoms with Crippen LogP contribution in [0.4, 0.5) is 4.39 Å². The Bertz CT molecular complexity index is 495. The number of aliphatic carboxylic acids is 1. The van der Waals surface area contributed by atoms with Gasteiger partial charge < -0.3 is 14.7 Å². The van der Waals surface area contributed by atoms with Crippen molar-refractivity contribution in [3.05, 3.63) is 34.1 Å². The zero-order chi connectivity index (χ0) is 15.1. The van der Waals surface area contributed by atoms with Crippen molar-refractivity contribution >= 4 is 27.8 Å². The average Bonchev–Trinajstić information content (AvgIpc) is 2.38. The molecule has 0 aliphatic heterocycles. The van der Waals surface area contributed by atoms with Gasteiger partial charge in [0.2, 0.25) is 5.91 Å². The van der Waals surface area contributed by atoms with Crippen molar-refractivity contribution in [3.63, 3.8) is 0 Å². The summed E-state index contributed by atoms with van der Waals surface area (Å²) in [5, 5.41) is 8.79. The van der Waals surface area contributed by atoms with Crippen molar-refractivity contribution in [1.29, 1.82) is 0 Å². The van der Waals surface area contributed by atoms with E-state index in [-0.39, 0.29) is 19.6 Å². The van der Waals surface area contributed by atoms with Crippen LogP contribution < -0.4 is 0 Å². The molecule has 1 N–H and O–H groups in total. The standard InChI is InChI=1S/C13H15BrFNO4/c1-20-5-4-16(8-13(18)19)12(17)7-9-6-10(15)2-3-11(9)14/h2-3,6H,4-5,7-8H2,1H3,(H,18,19). The Kier molecular flexibility index (Phi) is 6.60. The highest BCUT2D eigenvalue weighted by Gasteiger charge is 2.18. The lowest BCUT2D eigenvalue weighted by Gasteiger charge is -2.20. The first-order valence-electron chi connectivity index (χ1n) is 5.86. The molecule has 0 atom stereocenters. The molecule has 20 heavy (non-hydrogen) atoms. The van der Waals surface area contributed by atoms with Crippen LogP contribution in [-0.4, -0.2) is 48.7 Å². The molecule has 0 aliphatic carbocycles. The quantitative estimate of drug-likeness (QED) is 0.814. The molecular weight excluding hydrogens is 333 g/mol. The summed E-state index contributed by atoms with van der Waals surface area (Å²) >= 11 is 3.23. The topological polar surface area (TPSA) is 66.8 Å². The van der Waals surface area contributed by atoms with Gasteiger partial charge >= 0.3 is 5.97 Å². The van der Waals surface area contributed by atoms with Crippen LogP contribution in [0.2, 0.25) is 0 Å². The molecule has 0 radical (unpaired) electrons. The summed E-state index contributed by atoms with van der Waals surface area (Å²) in [6.45, 7) is 0.00698. The van der Waals surface area contributed by atoms with Gasteiger partial charge in [0, 0.05) is 18.1 Å². The smallest absolute Gasteiger partial charge is 0.323 e. The minimum atomic E-state index is -1.10. The van der Waals surface area contributed by atoms with Gasteiger partial charge in [-0.25, -0.2) is 4.39 Å². The van der Waals surface area contributed by atoms with E-state index in [0.717, 1.165) is 0 Å². The van der Waals surface area contributed by atoms with Crippen molar-refractivity contribution in [2.45, 2.75) is 6.42 Å². The first-order chi connectivity index (χ1) is 9.43. The highest BCUT2D eigenvalue weighted by Crippen LogP contribution is 2.19. The molecule has 7 heteroatoms. The minimum Gasteiger partial charge on any atom is -0.480 e. The van der Waals surface area contributed by atoms with E-state index < -0.39 is 24.2 Å². The minimum absolute atomic E-state index is 0.0741. The zero-order valence-electron chi connectivity index (χ0n) is 10.9. The largest absolute Gasteiger partial charge is 0.480 e. The number of benzene rings is 1. The second-order valence-corrected chi connectivity index (χ2v) is 4.97. The fourth-order valence-corrected chi connectivity index (χ4v) is 2.00. The number of carbonyl (C=O) groups is 2. The SMILES string of the molecule is COCCN(CC(=O)O)C(=O)Cc1cc(F)ccc1Br. The molecule has 5 nitrogen and oxygen atoms in total. The summed E-state index contributed by atoms with van der Waals surface area (Å²) in [7, 11) is 1.46. The van der Waals surface area contributed by atoms with Crippen LogP contribution in [0, 0.1) is 5.82 Å². The monoisotopic (exact) mass is 347 g/mol. The second kappa shape index (κ2) is 7.96. The third-order valence-corrected chi connectivity index (χ3v) is 3.37.